The van der Waals surface area contributed by atoms with Crippen LogP contribution in [-0.4, -0.2) is 31.2 Å². The molecule has 2 aromatic heterocycles. The number of aryl methyl sites for hydroxylation is 2. The van der Waals surface area contributed by atoms with E-state index in [2.05, 4.69) is 15.5 Å². The van der Waals surface area contributed by atoms with Crippen LogP contribution in [0.2, 0.25) is 0 Å². The molecule has 1 unspecified atom stereocenters. The topological polar surface area (TPSA) is 84.7 Å². The van der Waals surface area contributed by atoms with Gasteiger partial charge in [0.1, 0.15) is 5.82 Å². The predicted molar refractivity (Wildman–Crippen MR) is 98.2 cm³/mol. The largest absolute Gasteiger partial charge is 0.310 e. The number of rotatable bonds is 2. The van der Waals surface area contributed by atoms with Crippen LogP contribution < -0.4 is 10.9 Å². The van der Waals surface area contributed by atoms with E-state index in [4.69, 9.17) is 0 Å². The number of carbonyl (C=O) groups is 1. The minimum Gasteiger partial charge on any atom is -0.310 e. The Labute approximate surface area is 150 Å². The summed E-state index contributed by atoms with van der Waals surface area (Å²) in [7, 11) is 1.91. The van der Waals surface area contributed by atoms with Crippen LogP contribution >= 0.6 is 11.8 Å². The first-order valence-electron chi connectivity index (χ1n) is 8.73. The summed E-state index contributed by atoms with van der Waals surface area (Å²) >= 11 is 1.50. The van der Waals surface area contributed by atoms with Crippen molar-refractivity contribution in [3.05, 3.63) is 32.9 Å². The van der Waals surface area contributed by atoms with Gasteiger partial charge in [0.05, 0.1) is 28.3 Å². The Kier molecular flexibility index (Phi) is 4.02. The summed E-state index contributed by atoms with van der Waals surface area (Å²) in [5.74, 6) is 0.926. The maximum Gasteiger partial charge on any atom is 0.270 e. The van der Waals surface area contributed by atoms with Crippen molar-refractivity contribution in [1.29, 1.82) is 0 Å². The van der Waals surface area contributed by atoms with Gasteiger partial charge in [0.15, 0.2) is 0 Å². The highest BCUT2D eigenvalue weighted by Gasteiger charge is 2.35. The summed E-state index contributed by atoms with van der Waals surface area (Å²) in [4.78, 5) is 25.1. The first-order chi connectivity index (χ1) is 12.0. The van der Waals surface area contributed by atoms with E-state index in [9.17, 15) is 9.59 Å². The Morgan fingerprint density at radius 1 is 1.16 bits per heavy atom. The number of fused-ring (bicyclic) bond motifs is 1. The van der Waals surface area contributed by atoms with E-state index < -0.39 is 0 Å². The van der Waals surface area contributed by atoms with Gasteiger partial charge in [-0.3, -0.25) is 24.1 Å². The summed E-state index contributed by atoms with van der Waals surface area (Å²) < 4.78 is 3.75. The van der Waals surface area contributed by atoms with Crippen LogP contribution in [0.25, 0.3) is 0 Å². The Morgan fingerprint density at radius 2 is 1.88 bits per heavy atom. The van der Waals surface area contributed by atoms with Crippen molar-refractivity contribution in [1.82, 2.24) is 19.6 Å². The molecule has 2 aromatic rings. The van der Waals surface area contributed by atoms with Crippen LogP contribution in [0.4, 0.5) is 5.82 Å². The summed E-state index contributed by atoms with van der Waals surface area (Å²) in [5.41, 5.74) is 3.53. The normalized spacial score (nSPS) is 21.2. The molecule has 1 atom stereocenters. The van der Waals surface area contributed by atoms with Crippen LogP contribution in [0.5, 0.6) is 0 Å². The van der Waals surface area contributed by atoms with Gasteiger partial charge in [-0.05, 0) is 26.7 Å². The lowest BCUT2D eigenvalue weighted by molar-refractivity contribution is -0.113. The third kappa shape index (κ3) is 2.63. The van der Waals surface area contributed by atoms with Crippen molar-refractivity contribution in [2.45, 2.75) is 50.8 Å². The van der Waals surface area contributed by atoms with Gasteiger partial charge in [0, 0.05) is 18.3 Å². The fourth-order valence-corrected chi connectivity index (χ4v) is 5.36. The van der Waals surface area contributed by atoms with E-state index in [1.165, 1.54) is 11.8 Å². The van der Waals surface area contributed by atoms with Crippen LogP contribution in [0.3, 0.4) is 0 Å². The highest BCUT2D eigenvalue weighted by Crippen LogP contribution is 2.43. The number of nitrogens with zero attached hydrogens (tertiary/aromatic N) is 3. The molecule has 1 amide bonds. The number of nitrogens with one attached hydrogen (secondary N) is 2. The first-order valence-corrected chi connectivity index (χ1v) is 9.78. The summed E-state index contributed by atoms with van der Waals surface area (Å²) in [6.07, 6.45) is 4.39. The van der Waals surface area contributed by atoms with Gasteiger partial charge >= 0.3 is 0 Å². The van der Waals surface area contributed by atoms with E-state index in [0.29, 0.717) is 17.1 Å². The van der Waals surface area contributed by atoms with Gasteiger partial charge in [-0.15, -0.1) is 11.8 Å². The highest BCUT2D eigenvalue weighted by atomic mass is 32.2. The highest BCUT2D eigenvalue weighted by molar-refractivity contribution is 8.00. The van der Waals surface area contributed by atoms with Gasteiger partial charge in [0.25, 0.3) is 5.56 Å². The lowest BCUT2D eigenvalue weighted by Gasteiger charge is -2.17. The van der Waals surface area contributed by atoms with Crippen molar-refractivity contribution in [2.24, 2.45) is 7.05 Å². The van der Waals surface area contributed by atoms with Crippen molar-refractivity contribution in [2.75, 3.05) is 11.1 Å². The average Bonchev–Trinajstić information content (AvgIpc) is 3.21. The van der Waals surface area contributed by atoms with E-state index >= 15 is 0 Å². The number of hydrogen-bond acceptors (Lipinski definition) is 4. The predicted octanol–water partition coefficient (Wildman–Crippen LogP) is 2.42. The fraction of sp³-hybridized carbons (Fsp3) is 0.588. The van der Waals surface area contributed by atoms with E-state index in [-0.39, 0.29) is 22.8 Å². The number of aromatic amines is 1. The molecule has 1 aliphatic heterocycles. The number of thioether (sulfide) groups is 1. The number of anilines is 1. The third-order valence-corrected chi connectivity index (χ3v) is 6.61. The second-order valence-corrected chi connectivity index (χ2v) is 8.05. The number of carbonyl (C=O) groups excluding carboxylic acids is 1. The Bertz CT molecular complexity index is 888. The minimum absolute atomic E-state index is 0.0568. The molecule has 0 bridgehead atoms. The molecular formula is C17H23N5O2S. The van der Waals surface area contributed by atoms with E-state index in [1.54, 1.807) is 0 Å². The van der Waals surface area contributed by atoms with Crippen LogP contribution in [0.1, 0.15) is 59.5 Å². The van der Waals surface area contributed by atoms with E-state index in [0.717, 1.165) is 42.6 Å². The molecule has 8 heteroatoms. The molecule has 0 aromatic carbocycles. The monoisotopic (exact) mass is 361 g/mol. The molecule has 2 aliphatic rings. The molecule has 3 heterocycles. The molecule has 134 valence electrons. The summed E-state index contributed by atoms with van der Waals surface area (Å²) in [6, 6.07) is 0.261. The van der Waals surface area contributed by atoms with Gasteiger partial charge in [0.2, 0.25) is 5.91 Å². The maximum absolute atomic E-state index is 12.8. The third-order valence-electron chi connectivity index (χ3n) is 5.38. The van der Waals surface area contributed by atoms with Crippen molar-refractivity contribution >= 4 is 23.5 Å². The molecule has 2 N–H and O–H groups in total. The van der Waals surface area contributed by atoms with Crippen molar-refractivity contribution in [3.8, 4) is 0 Å². The average molecular weight is 361 g/mol. The van der Waals surface area contributed by atoms with Gasteiger partial charge in [-0.25, -0.2) is 0 Å². The fourth-order valence-electron chi connectivity index (χ4n) is 4.08. The number of hydrogen-bond donors (Lipinski definition) is 2. The van der Waals surface area contributed by atoms with Gasteiger partial charge in [-0.2, -0.15) is 5.10 Å². The number of amides is 1. The molecule has 25 heavy (non-hydrogen) atoms. The van der Waals surface area contributed by atoms with Crippen molar-refractivity contribution < 1.29 is 4.79 Å². The molecule has 1 saturated carbocycles. The SMILES string of the molecule is Cc1nn(C)c(C)c1C1SCC(=O)Nc2c1c(=O)[nH]n2C1CCCC1. The zero-order chi connectivity index (χ0) is 17.7. The second kappa shape index (κ2) is 6.09. The molecule has 0 saturated heterocycles. The number of aromatic nitrogens is 4. The Morgan fingerprint density at radius 3 is 2.52 bits per heavy atom. The van der Waals surface area contributed by atoms with Gasteiger partial charge < -0.3 is 5.32 Å². The Balaban J connectivity index is 1.90. The zero-order valence-electron chi connectivity index (χ0n) is 14.8. The minimum atomic E-state index is -0.186. The molecule has 0 radical (unpaired) electrons. The quantitative estimate of drug-likeness (QED) is 0.860. The van der Waals surface area contributed by atoms with Crippen LogP contribution in [-0.2, 0) is 11.8 Å². The summed E-state index contributed by atoms with van der Waals surface area (Å²) in [6.45, 7) is 3.97. The maximum atomic E-state index is 12.8. The zero-order valence-corrected chi connectivity index (χ0v) is 15.6. The molecule has 1 fully saturated rings. The number of H-pyrrole nitrogens is 1. The van der Waals surface area contributed by atoms with E-state index in [1.807, 2.05) is 30.3 Å². The molecular weight excluding hydrogens is 338 g/mol. The first kappa shape index (κ1) is 16.5. The molecule has 0 spiro atoms. The van der Waals surface area contributed by atoms with Gasteiger partial charge in [-0.1, -0.05) is 12.8 Å². The second-order valence-electron chi connectivity index (χ2n) is 6.96. The lowest BCUT2D eigenvalue weighted by Crippen LogP contribution is -2.18. The lowest BCUT2D eigenvalue weighted by atomic mass is 10.0. The molecule has 4 rings (SSSR count). The molecule has 1 aliphatic carbocycles. The van der Waals surface area contributed by atoms with Crippen LogP contribution in [0, 0.1) is 13.8 Å². The molecule has 7 nitrogen and oxygen atoms in total. The van der Waals surface area contributed by atoms with Crippen LogP contribution in [0.15, 0.2) is 4.79 Å². The summed E-state index contributed by atoms with van der Waals surface area (Å²) in [5, 5.41) is 10.3. The standard InChI is InChI=1S/C17H23N5O2S/c1-9-13(10(2)21(3)19-9)15-14-16(18-12(23)8-25-15)22(20-17(14)24)11-6-4-5-7-11/h11,15H,4-8H2,1-3H3,(H,18,23)(H,20,24). The van der Waals surface area contributed by atoms with Crippen molar-refractivity contribution in [3.63, 3.8) is 0 Å². The smallest absolute Gasteiger partial charge is 0.270 e. The Hall–Kier alpha value is -1.96.